The predicted molar refractivity (Wildman–Crippen MR) is 105 cm³/mol. The lowest BCUT2D eigenvalue weighted by molar-refractivity contribution is 0.0677. The summed E-state index contributed by atoms with van der Waals surface area (Å²) in [6.07, 6.45) is 0.366. The summed E-state index contributed by atoms with van der Waals surface area (Å²) in [6, 6.07) is 7.46. The van der Waals surface area contributed by atoms with Crippen molar-refractivity contribution in [3.8, 4) is 0 Å². The van der Waals surface area contributed by atoms with E-state index in [1.807, 2.05) is 52.2 Å². The molecule has 0 spiro atoms. The van der Waals surface area contributed by atoms with Crippen molar-refractivity contribution < 1.29 is 9.53 Å². The molecule has 1 heterocycles. The second kappa shape index (κ2) is 10.1. The van der Waals surface area contributed by atoms with E-state index < -0.39 is 0 Å². The average Bonchev–Trinajstić information content (AvgIpc) is 2.89. The molecule has 25 heavy (non-hydrogen) atoms. The highest BCUT2D eigenvalue weighted by Crippen LogP contribution is 2.18. The Kier molecular flexibility index (Phi) is 8.45. The summed E-state index contributed by atoms with van der Waals surface area (Å²) in [5.41, 5.74) is 7.86. The van der Waals surface area contributed by atoms with Crippen LogP contribution >= 0.6 is 0 Å². The first-order valence-electron chi connectivity index (χ1n) is 8.64. The third kappa shape index (κ3) is 8.05. The summed E-state index contributed by atoms with van der Waals surface area (Å²) in [7, 11) is 4.09. The molecule has 2 rings (SSSR count). The van der Waals surface area contributed by atoms with E-state index in [1.54, 1.807) is 0 Å². The van der Waals surface area contributed by atoms with Gasteiger partial charge in [-0.25, -0.2) is 0 Å². The topological polar surface area (TPSA) is 83.4 Å². The molecule has 0 aliphatic carbocycles. The summed E-state index contributed by atoms with van der Waals surface area (Å²) in [4.78, 5) is 16.9. The first kappa shape index (κ1) is 21.0. The largest absolute Gasteiger partial charge is 0.399 e. The van der Waals surface area contributed by atoms with Crippen molar-refractivity contribution in [2.24, 2.45) is 0 Å². The summed E-state index contributed by atoms with van der Waals surface area (Å²) in [5, 5.41) is 3.79. The van der Waals surface area contributed by atoms with Gasteiger partial charge in [-0.1, -0.05) is 0 Å². The number of benzene rings is 1. The Balaban J connectivity index is 0.000000299. The van der Waals surface area contributed by atoms with Gasteiger partial charge in [0.15, 0.2) is 0 Å². The number of nitrogens with one attached hydrogen (secondary N) is 2. The van der Waals surface area contributed by atoms with E-state index in [4.69, 9.17) is 10.5 Å². The van der Waals surface area contributed by atoms with Crippen LogP contribution in [0.4, 0.5) is 5.69 Å². The number of aromatic nitrogens is 1. The first-order chi connectivity index (χ1) is 11.7. The van der Waals surface area contributed by atoms with Crippen LogP contribution < -0.4 is 11.1 Å². The second-order valence-electron chi connectivity index (χ2n) is 6.88. The number of anilines is 1. The van der Waals surface area contributed by atoms with E-state index in [-0.39, 0.29) is 11.9 Å². The molecule has 0 aliphatic rings. The third-order valence-corrected chi connectivity index (χ3v) is 3.30. The minimum absolute atomic E-state index is 0.0928. The van der Waals surface area contributed by atoms with E-state index in [9.17, 15) is 4.79 Å². The van der Waals surface area contributed by atoms with Gasteiger partial charge in [0.25, 0.3) is 5.91 Å². The van der Waals surface area contributed by atoms with Gasteiger partial charge in [-0.3, -0.25) is 4.79 Å². The van der Waals surface area contributed by atoms with E-state index in [0.717, 1.165) is 24.1 Å². The van der Waals surface area contributed by atoms with Crippen LogP contribution in [0.25, 0.3) is 10.9 Å². The zero-order valence-electron chi connectivity index (χ0n) is 16.2. The Morgan fingerprint density at radius 2 is 1.92 bits per heavy atom. The molecule has 0 aliphatic heterocycles. The van der Waals surface area contributed by atoms with E-state index in [0.29, 0.717) is 17.5 Å². The zero-order chi connectivity index (χ0) is 19.0. The molecule has 0 saturated carbocycles. The summed E-state index contributed by atoms with van der Waals surface area (Å²) < 4.78 is 5.31. The molecule has 1 amide bonds. The molecule has 6 heteroatoms. The molecule has 1 aromatic heterocycles. The number of amides is 1. The lowest BCUT2D eigenvalue weighted by atomic mass is 10.2. The molecule has 6 nitrogen and oxygen atoms in total. The van der Waals surface area contributed by atoms with Crippen molar-refractivity contribution in [3.05, 3.63) is 30.0 Å². The molecular weight excluding hydrogens is 316 g/mol. The van der Waals surface area contributed by atoms with Gasteiger partial charge >= 0.3 is 0 Å². The van der Waals surface area contributed by atoms with Crippen LogP contribution in [0.1, 0.15) is 38.2 Å². The Hall–Kier alpha value is -2.05. The van der Waals surface area contributed by atoms with Gasteiger partial charge in [-0.15, -0.1) is 0 Å². The minimum Gasteiger partial charge on any atom is -0.399 e. The number of ether oxygens (including phenoxy) is 1. The van der Waals surface area contributed by atoms with Crippen LogP contribution in [0.3, 0.4) is 0 Å². The van der Waals surface area contributed by atoms with E-state index in [1.165, 1.54) is 0 Å². The maximum Gasteiger partial charge on any atom is 0.267 e. The number of nitrogens with two attached hydrogens (primary N) is 1. The van der Waals surface area contributed by atoms with Crippen molar-refractivity contribution in [2.75, 3.05) is 33.0 Å². The molecular formula is C19H32N4O2. The lowest BCUT2D eigenvalue weighted by Crippen LogP contribution is -2.30. The number of carbonyl (C=O) groups is 1. The lowest BCUT2D eigenvalue weighted by Gasteiger charge is -2.11. The summed E-state index contributed by atoms with van der Waals surface area (Å²) in [5.74, 6) is -0.0928. The molecule has 4 N–H and O–H groups in total. The van der Waals surface area contributed by atoms with Gasteiger partial charge in [0.05, 0.1) is 12.7 Å². The van der Waals surface area contributed by atoms with Gasteiger partial charge in [0.1, 0.15) is 5.69 Å². The number of carbonyl (C=O) groups excluding carboxylic acids is 1. The second-order valence-corrected chi connectivity index (χ2v) is 6.88. The zero-order valence-corrected chi connectivity index (χ0v) is 16.2. The van der Waals surface area contributed by atoms with Gasteiger partial charge in [0, 0.05) is 29.2 Å². The van der Waals surface area contributed by atoms with Crippen molar-refractivity contribution >= 4 is 22.5 Å². The summed E-state index contributed by atoms with van der Waals surface area (Å²) in [6.45, 7) is 9.81. The fraction of sp³-hybridized carbons (Fsp3) is 0.526. The maximum atomic E-state index is 11.7. The molecule has 140 valence electrons. The number of hydrogen-bond donors (Lipinski definition) is 3. The first-order valence-corrected chi connectivity index (χ1v) is 8.64. The van der Waals surface area contributed by atoms with Crippen LogP contribution in [0.5, 0.6) is 0 Å². The Morgan fingerprint density at radius 1 is 1.24 bits per heavy atom. The van der Waals surface area contributed by atoms with Crippen LogP contribution in [-0.4, -0.2) is 55.2 Å². The van der Waals surface area contributed by atoms with Gasteiger partial charge < -0.3 is 25.7 Å². The molecule has 0 saturated heterocycles. The average molecular weight is 348 g/mol. The number of likely N-dealkylation sites (N-methyl/N-ethyl adjacent to an activating group) is 1. The van der Waals surface area contributed by atoms with E-state index in [2.05, 4.69) is 29.0 Å². The number of aromatic amines is 1. The van der Waals surface area contributed by atoms with Gasteiger partial charge in [0.2, 0.25) is 0 Å². The molecule has 0 bridgehead atoms. The highest BCUT2D eigenvalue weighted by molar-refractivity contribution is 5.98. The number of nitrogen functional groups attached to an aromatic ring is 1. The smallest absolute Gasteiger partial charge is 0.267 e. The molecule has 0 unspecified atom stereocenters. The summed E-state index contributed by atoms with van der Waals surface area (Å²) >= 11 is 0. The Labute approximate surface area is 150 Å². The number of hydrogen-bond acceptors (Lipinski definition) is 4. The number of nitrogens with zero attached hydrogens (tertiary/aromatic N) is 1. The van der Waals surface area contributed by atoms with Crippen LogP contribution in [0.2, 0.25) is 0 Å². The molecule has 0 fully saturated rings. The SMILES string of the molecule is CC(C)NC(=O)c1cc2cc(N)ccc2[nH]1.CC(C)OCCN(C)C. The van der Waals surface area contributed by atoms with E-state index >= 15 is 0 Å². The van der Waals surface area contributed by atoms with Gasteiger partial charge in [-0.05, 0) is 66.1 Å². The van der Waals surface area contributed by atoms with Crippen molar-refractivity contribution in [1.29, 1.82) is 0 Å². The quantitative estimate of drug-likeness (QED) is 0.701. The maximum absolute atomic E-state index is 11.7. The minimum atomic E-state index is -0.0928. The monoisotopic (exact) mass is 348 g/mol. The number of rotatable bonds is 6. The number of H-pyrrole nitrogens is 1. The van der Waals surface area contributed by atoms with Crippen LogP contribution in [0.15, 0.2) is 24.3 Å². The van der Waals surface area contributed by atoms with Crippen molar-refractivity contribution in [3.63, 3.8) is 0 Å². The standard InChI is InChI=1S/C12H15N3O.C7H17NO/c1-7(2)14-12(16)11-6-8-5-9(13)3-4-10(8)15-11;1-7(2)9-6-5-8(3)4/h3-7,15H,13H2,1-2H3,(H,14,16);7H,5-6H2,1-4H3. The van der Waals surface area contributed by atoms with Crippen molar-refractivity contribution in [1.82, 2.24) is 15.2 Å². The Morgan fingerprint density at radius 3 is 2.48 bits per heavy atom. The highest BCUT2D eigenvalue weighted by atomic mass is 16.5. The molecule has 0 atom stereocenters. The third-order valence-electron chi connectivity index (χ3n) is 3.30. The molecule has 2 aromatic rings. The Bertz CT molecular complexity index is 654. The molecule has 1 aromatic carbocycles. The fourth-order valence-electron chi connectivity index (χ4n) is 2.08. The van der Waals surface area contributed by atoms with Crippen LogP contribution in [-0.2, 0) is 4.74 Å². The molecule has 0 radical (unpaired) electrons. The van der Waals surface area contributed by atoms with Crippen molar-refractivity contribution in [2.45, 2.75) is 39.8 Å². The van der Waals surface area contributed by atoms with Crippen LogP contribution in [0, 0.1) is 0 Å². The number of fused-ring (bicyclic) bond motifs is 1. The van der Waals surface area contributed by atoms with Gasteiger partial charge in [-0.2, -0.15) is 0 Å². The predicted octanol–water partition coefficient (Wildman–Crippen LogP) is 2.86. The highest BCUT2D eigenvalue weighted by Gasteiger charge is 2.10. The fourth-order valence-corrected chi connectivity index (χ4v) is 2.08. The normalized spacial score (nSPS) is 11.1.